The van der Waals surface area contributed by atoms with E-state index in [1.807, 2.05) is 0 Å². The first-order valence-electron chi connectivity index (χ1n) is 6.69. The van der Waals surface area contributed by atoms with Gasteiger partial charge in [0.2, 0.25) is 0 Å². The topological polar surface area (TPSA) is 3.24 Å². The summed E-state index contributed by atoms with van der Waals surface area (Å²) in [5.74, 6) is 0. The molecule has 0 unspecified atom stereocenters. The molecule has 0 N–H and O–H groups in total. The van der Waals surface area contributed by atoms with E-state index < -0.39 is 0 Å². The van der Waals surface area contributed by atoms with Crippen molar-refractivity contribution in [3.05, 3.63) is 29.8 Å². The molecule has 2 atom stereocenters. The van der Waals surface area contributed by atoms with Crippen LogP contribution in [0.15, 0.2) is 24.3 Å². The molecule has 0 heterocycles. The smallest absolute Gasteiger partial charge is 0.0539 e. The molecule has 1 aromatic carbocycles. The number of nitrogens with zero attached hydrogens (tertiary/aromatic N) is 1. The standard InChI is InChI=1S/C15H22ClN/c1-3-17(13-8-6-7-12(2)11-13)15-10-5-4-9-14(15)16/h6-8,11,14-15H,3-5,9-10H2,1-2H3/t14-,15-/m0/s1. The van der Waals surface area contributed by atoms with Crippen molar-refractivity contribution in [3.63, 3.8) is 0 Å². The zero-order chi connectivity index (χ0) is 12.3. The van der Waals surface area contributed by atoms with E-state index in [9.17, 15) is 0 Å². The van der Waals surface area contributed by atoms with E-state index in [1.54, 1.807) is 0 Å². The van der Waals surface area contributed by atoms with Gasteiger partial charge in [-0.15, -0.1) is 11.6 Å². The molecular weight excluding hydrogens is 230 g/mol. The Labute approximate surface area is 110 Å². The highest BCUT2D eigenvalue weighted by Crippen LogP contribution is 2.30. The lowest BCUT2D eigenvalue weighted by atomic mass is 9.93. The van der Waals surface area contributed by atoms with Gasteiger partial charge in [0, 0.05) is 18.3 Å². The Hall–Kier alpha value is -0.690. The van der Waals surface area contributed by atoms with Crippen LogP contribution in [0.2, 0.25) is 0 Å². The van der Waals surface area contributed by atoms with Crippen molar-refractivity contribution in [2.75, 3.05) is 11.4 Å². The van der Waals surface area contributed by atoms with Crippen LogP contribution in [0.1, 0.15) is 38.2 Å². The monoisotopic (exact) mass is 251 g/mol. The first kappa shape index (κ1) is 12.8. The van der Waals surface area contributed by atoms with Crippen LogP contribution in [0.3, 0.4) is 0 Å². The van der Waals surface area contributed by atoms with Gasteiger partial charge < -0.3 is 4.90 Å². The molecule has 1 fully saturated rings. The molecule has 0 aliphatic heterocycles. The van der Waals surface area contributed by atoms with Crippen molar-refractivity contribution in [1.29, 1.82) is 0 Å². The maximum Gasteiger partial charge on any atom is 0.0539 e. The van der Waals surface area contributed by atoms with Crippen LogP contribution < -0.4 is 4.90 Å². The summed E-state index contributed by atoms with van der Waals surface area (Å²) in [6.45, 7) is 5.41. The number of hydrogen-bond donors (Lipinski definition) is 0. The first-order valence-corrected chi connectivity index (χ1v) is 7.13. The molecule has 1 saturated carbocycles. The lowest BCUT2D eigenvalue weighted by Gasteiger charge is -2.38. The highest BCUT2D eigenvalue weighted by Gasteiger charge is 2.28. The fourth-order valence-corrected chi connectivity index (χ4v) is 3.25. The fraction of sp³-hybridized carbons (Fsp3) is 0.600. The molecule has 94 valence electrons. The molecule has 0 aromatic heterocycles. The molecule has 1 nitrogen and oxygen atoms in total. The molecule has 2 rings (SSSR count). The molecule has 0 bridgehead atoms. The number of rotatable bonds is 3. The van der Waals surface area contributed by atoms with E-state index in [0.717, 1.165) is 13.0 Å². The molecule has 0 saturated heterocycles. The van der Waals surface area contributed by atoms with Crippen molar-refractivity contribution in [1.82, 2.24) is 0 Å². The molecule has 0 amide bonds. The first-order chi connectivity index (χ1) is 8.22. The van der Waals surface area contributed by atoms with Crippen LogP contribution in [0.5, 0.6) is 0 Å². The van der Waals surface area contributed by atoms with Crippen molar-refractivity contribution in [3.8, 4) is 0 Å². The second kappa shape index (κ2) is 5.77. The minimum atomic E-state index is 0.309. The number of aryl methyl sites for hydroxylation is 1. The Morgan fingerprint density at radius 1 is 1.29 bits per heavy atom. The minimum Gasteiger partial charge on any atom is -0.367 e. The molecule has 0 radical (unpaired) electrons. The summed E-state index contributed by atoms with van der Waals surface area (Å²) in [5.41, 5.74) is 2.65. The predicted molar refractivity (Wildman–Crippen MR) is 76.1 cm³/mol. The summed E-state index contributed by atoms with van der Waals surface area (Å²) in [7, 11) is 0. The maximum atomic E-state index is 6.50. The Kier molecular flexibility index (Phi) is 4.33. The van der Waals surface area contributed by atoms with Gasteiger partial charge in [-0.25, -0.2) is 0 Å². The van der Waals surface area contributed by atoms with Gasteiger partial charge in [0.15, 0.2) is 0 Å². The van der Waals surface area contributed by atoms with E-state index in [-0.39, 0.29) is 0 Å². The third kappa shape index (κ3) is 2.95. The second-order valence-corrected chi connectivity index (χ2v) is 5.55. The van der Waals surface area contributed by atoms with E-state index in [2.05, 4.69) is 43.0 Å². The third-order valence-corrected chi connectivity index (χ3v) is 4.23. The predicted octanol–water partition coefficient (Wildman–Crippen LogP) is 4.37. The Bertz CT molecular complexity index is 364. The van der Waals surface area contributed by atoms with Gasteiger partial charge in [0.05, 0.1) is 5.38 Å². The average Bonchev–Trinajstić information content (AvgIpc) is 2.33. The van der Waals surface area contributed by atoms with E-state index in [1.165, 1.54) is 30.5 Å². The van der Waals surface area contributed by atoms with Crippen molar-refractivity contribution < 1.29 is 0 Å². The van der Waals surface area contributed by atoms with Crippen molar-refractivity contribution in [2.45, 2.75) is 50.9 Å². The molecule has 17 heavy (non-hydrogen) atoms. The largest absolute Gasteiger partial charge is 0.367 e. The third-order valence-electron chi connectivity index (χ3n) is 3.72. The van der Waals surface area contributed by atoms with Crippen LogP contribution >= 0.6 is 11.6 Å². The number of hydrogen-bond acceptors (Lipinski definition) is 1. The van der Waals surface area contributed by atoms with Crippen LogP contribution in [-0.4, -0.2) is 18.0 Å². The lowest BCUT2D eigenvalue weighted by molar-refractivity contribution is 0.424. The summed E-state index contributed by atoms with van der Waals surface area (Å²) in [5, 5.41) is 0.309. The van der Waals surface area contributed by atoms with E-state index in [4.69, 9.17) is 11.6 Å². The SMILES string of the molecule is CCN(c1cccc(C)c1)[C@H]1CCCC[C@@H]1Cl. The van der Waals surface area contributed by atoms with Gasteiger partial charge in [0.25, 0.3) is 0 Å². The van der Waals surface area contributed by atoms with Gasteiger partial charge in [-0.05, 0) is 44.4 Å². The molecular formula is C15H22ClN. The van der Waals surface area contributed by atoms with E-state index in [0.29, 0.717) is 11.4 Å². The second-order valence-electron chi connectivity index (χ2n) is 4.99. The zero-order valence-electron chi connectivity index (χ0n) is 10.8. The summed E-state index contributed by atoms with van der Waals surface area (Å²) in [6, 6.07) is 9.27. The Balaban J connectivity index is 2.20. The quantitative estimate of drug-likeness (QED) is 0.721. The highest BCUT2D eigenvalue weighted by molar-refractivity contribution is 6.21. The number of halogens is 1. The fourth-order valence-electron chi connectivity index (χ4n) is 2.83. The van der Waals surface area contributed by atoms with Gasteiger partial charge in [-0.1, -0.05) is 25.0 Å². The summed E-state index contributed by atoms with van der Waals surface area (Å²) < 4.78 is 0. The number of benzene rings is 1. The number of alkyl halides is 1. The highest BCUT2D eigenvalue weighted by atomic mass is 35.5. The normalized spacial score (nSPS) is 24.6. The molecule has 1 aliphatic carbocycles. The van der Waals surface area contributed by atoms with Crippen LogP contribution in [-0.2, 0) is 0 Å². The summed E-state index contributed by atoms with van der Waals surface area (Å²) in [4.78, 5) is 2.48. The molecule has 0 spiro atoms. The summed E-state index contributed by atoms with van der Waals surface area (Å²) >= 11 is 6.50. The average molecular weight is 252 g/mol. The van der Waals surface area contributed by atoms with Gasteiger partial charge in [-0.2, -0.15) is 0 Å². The minimum absolute atomic E-state index is 0.309. The lowest BCUT2D eigenvalue weighted by Crippen LogP contribution is -2.43. The van der Waals surface area contributed by atoms with Crippen LogP contribution in [0.4, 0.5) is 5.69 Å². The van der Waals surface area contributed by atoms with Gasteiger partial charge in [0.1, 0.15) is 0 Å². The van der Waals surface area contributed by atoms with Crippen molar-refractivity contribution in [2.24, 2.45) is 0 Å². The molecule has 1 aromatic rings. The zero-order valence-corrected chi connectivity index (χ0v) is 11.6. The molecule has 1 aliphatic rings. The summed E-state index contributed by atoms with van der Waals surface area (Å²) in [6.07, 6.45) is 5.00. The van der Waals surface area contributed by atoms with Crippen LogP contribution in [0, 0.1) is 6.92 Å². The van der Waals surface area contributed by atoms with E-state index >= 15 is 0 Å². The number of anilines is 1. The van der Waals surface area contributed by atoms with Crippen LogP contribution in [0.25, 0.3) is 0 Å². The maximum absolute atomic E-state index is 6.50. The van der Waals surface area contributed by atoms with Gasteiger partial charge in [-0.3, -0.25) is 0 Å². The Morgan fingerprint density at radius 3 is 2.71 bits per heavy atom. The molecule has 2 heteroatoms. The Morgan fingerprint density at radius 2 is 2.06 bits per heavy atom. The van der Waals surface area contributed by atoms with Crippen molar-refractivity contribution >= 4 is 17.3 Å². The van der Waals surface area contributed by atoms with Gasteiger partial charge >= 0.3 is 0 Å².